The molecule has 1 unspecified atom stereocenters. The van der Waals surface area contributed by atoms with E-state index in [-0.39, 0.29) is 19.6 Å². The number of amides is 2. The van der Waals surface area contributed by atoms with Gasteiger partial charge in [0.05, 0.1) is 6.61 Å². The van der Waals surface area contributed by atoms with E-state index in [0.717, 1.165) is 25.9 Å². The Morgan fingerprint density at radius 1 is 1.00 bits per heavy atom. The van der Waals surface area contributed by atoms with Gasteiger partial charge < -0.3 is 20.8 Å². The first-order valence-electron chi connectivity index (χ1n) is 12.7. The van der Waals surface area contributed by atoms with Gasteiger partial charge in [-0.2, -0.15) is 0 Å². The first kappa shape index (κ1) is 28.8. The third-order valence-corrected chi connectivity index (χ3v) is 7.73. The van der Waals surface area contributed by atoms with Gasteiger partial charge in [0.25, 0.3) is 5.91 Å². The number of nitrogens with zero attached hydrogens (tertiary/aromatic N) is 1. The highest BCUT2D eigenvalue weighted by molar-refractivity contribution is 7.97. The van der Waals surface area contributed by atoms with E-state index < -0.39 is 29.1 Å². The molecule has 1 aliphatic heterocycles. The number of carbonyl (C=O) groups excluding carboxylic acids is 3. The second-order valence-corrected chi connectivity index (χ2v) is 11.2. The van der Waals surface area contributed by atoms with Crippen molar-refractivity contribution in [1.82, 2.24) is 14.9 Å². The average Bonchev–Trinajstić information content (AvgIpc) is 2.92. The molecular weight excluding hydrogens is 490 g/mol. The minimum atomic E-state index is -1.40. The number of ketones is 1. The van der Waals surface area contributed by atoms with Crippen molar-refractivity contribution in [2.45, 2.75) is 44.1 Å². The van der Waals surface area contributed by atoms with Crippen LogP contribution in [0.25, 0.3) is 11.1 Å². The molecule has 0 aromatic heterocycles. The van der Waals surface area contributed by atoms with Gasteiger partial charge in [0.1, 0.15) is 6.10 Å². The largest absolute Gasteiger partial charge is 0.396 e. The summed E-state index contributed by atoms with van der Waals surface area (Å²) in [4.78, 5) is 37.4. The number of Topliss-reactive ketones (excluding diaryl/α,β-unsaturated/α-hetero) is 1. The standard InChI is InChI=1S/C28H37N3O5S/c1-28(2,19-32)25(34)27(36)29-15-12-24(33)26(35)30-18-20-13-16-31(17-14-20)37-23-10-8-22(9-11-23)21-6-4-3-5-7-21/h3-11,20,25,32,34H,12-19H2,1-2H3,(H,29,36)(H,30,35). The Labute approximate surface area is 223 Å². The summed E-state index contributed by atoms with van der Waals surface area (Å²) >= 11 is 1.74. The summed E-state index contributed by atoms with van der Waals surface area (Å²) in [6, 6.07) is 18.8. The number of aliphatic hydroxyl groups is 2. The van der Waals surface area contributed by atoms with E-state index >= 15 is 0 Å². The summed E-state index contributed by atoms with van der Waals surface area (Å²) in [5, 5.41) is 24.4. The Morgan fingerprint density at radius 3 is 2.24 bits per heavy atom. The van der Waals surface area contributed by atoms with Crippen LogP contribution in [-0.4, -0.2) is 71.0 Å². The van der Waals surface area contributed by atoms with Gasteiger partial charge in [0.2, 0.25) is 11.7 Å². The van der Waals surface area contributed by atoms with E-state index in [1.807, 2.05) is 18.2 Å². The lowest BCUT2D eigenvalue weighted by molar-refractivity contribution is -0.139. The molecule has 9 heteroatoms. The molecule has 0 spiro atoms. The molecule has 1 fully saturated rings. The van der Waals surface area contributed by atoms with Gasteiger partial charge in [0.15, 0.2) is 0 Å². The van der Waals surface area contributed by atoms with Crippen molar-refractivity contribution in [2.24, 2.45) is 11.3 Å². The normalized spacial score (nSPS) is 15.7. The molecule has 4 N–H and O–H groups in total. The van der Waals surface area contributed by atoms with E-state index in [4.69, 9.17) is 0 Å². The molecule has 0 bridgehead atoms. The van der Waals surface area contributed by atoms with Gasteiger partial charge >= 0.3 is 0 Å². The Kier molecular flexibility index (Phi) is 10.7. The fourth-order valence-corrected chi connectivity index (χ4v) is 4.93. The van der Waals surface area contributed by atoms with Crippen molar-refractivity contribution in [2.75, 3.05) is 32.8 Å². The molecule has 0 saturated carbocycles. The lowest BCUT2D eigenvalue weighted by Crippen LogP contribution is -2.46. The predicted molar refractivity (Wildman–Crippen MR) is 145 cm³/mol. The van der Waals surface area contributed by atoms with Crippen molar-refractivity contribution in [3.05, 3.63) is 54.6 Å². The fourth-order valence-electron chi connectivity index (χ4n) is 3.98. The molecule has 0 aliphatic carbocycles. The van der Waals surface area contributed by atoms with Crippen LogP contribution in [-0.2, 0) is 14.4 Å². The maximum absolute atomic E-state index is 12.2. The number of hydrogen-bond acceptors (Lipinski definition) is 7. The van der Waals surface area contributed by atoms with Crippen LogP contribution in [0.4, 0.5) is 0 Å². The molecule has 2 aromatic carbocycles. The average molecular weight is 528 g/mol. The zero-order valence-corrected chi connectivity index (χ0v) is 22.3. The Bertz CT molecular complexity index is 1040. The van der Waals surface area contributed by atoms with Crippen LogP contribution >= 0.6 is 11.9 Å². The predicted octanol–water partition coefficient (Wildman–Crippen LogP) is 2.64. The van der Waals surface area contributed by atoms with Gasteiger partial charge in [-0.3, -0.25) is 14.4 Å². The second-order valence-electron chi connectivity index (χ2n) is 10.1. The third-order valence-electron chi connectivity index (χ3n) is 6.62. The Hall–Kier alpha value is -2.72. The molecule has 1 atom stereocenters. The summed E-state index contributed by atoms with van der Waals surface area (Å²) in [6.07, 6.45) is 0.303. The highest BCUT2D eigenvalue weighted by Crippen LogP contribution is 2.30. The lowest BCUT2D eigenvalue weighted by Gasteiger charge is -2.31. The summed E-state index contributed by atoms with van der Waals surface area (Å²) in [7, 11) is 0. The van der Waals surface area contributed by atoms with E-state index in [1.54, 1.807) is 25.8 Å². The van der Waals surface area contributed by atoms with Crippen LogP contribution < -0.4 is 10.6 Å². The molecule has 0 radical (unpaired) electrons. The van der Waals surface area contributed by atoms with Gasteiger partial charge in [-0.25, -0.2) is 4.31 Å². The van der Waals surface area contributed by atoms with Gasteiger partial charge in [-0.05, 0) is 54.0 Å². The molecule has 2 aromatic rings. The summed E-state index contributed by atoms with van der Waals surface area (Å²) in [6.45, 7) is 4.96. The number of rotatable bonds is 12. The molecule has 37 heavy (non-hydrogen) atoms. The van der Waals surface area contributed by atoms with Crippen LogP contribution in [0, 0.1) is 11.3 Å². The van der Waals surface area contributed by atoms with E-state index in [0.29, 0.717) is 12.5 Å². The number of benzene rings is 2. The lowest BCUT2D eigenvalue weighted by atomic mass is 9.87. The van der Waals surface area contributed by atoms with Crippen molar-refractivity contribution >= 4 is 29.5 Å². The Balaban J connectivity index is 1.32. The molecule has 8 nitrogen and oxygen atoms in total. The summed E-state index contributed by atoms with van der Waals surface area (Å²) < 4.78 is 2.33. The van der Waals surface area contributed by atoms with Gasteiger partial charge in [-0.15, -0.1) is 0 Å². The highest BCUT2D eigenvalue weighted by atomic mass is 32.2. The minimum absolute atomic E-state index is 0.0500. The highest BCUT2D eigenvalue weighted by Gasteiger charge is 2.33. The molecule has 2 amide bonds. The van der Waals surface area contributed by atoms with E-state index in [9.17, 15) is 24.6 Å². The second kappa shape index (κ2) is 13.7. The smallest absolute Gasteiger partial charge is 0.287 e. The fraction of sp³-hybridized carbons (Fsp3) is 0.464. The van der Waals surface area contributed by atoms with Crippen LogP contribution in [0.5, 0.6) is 0 Å². The van der Waals surface area contributed by atoms with Crippen molar-refractivity contribution in [1.29, 1.82) is 0 Å². The summed E-state index contributed by atoms with van der Waals surface area (Å²) in [5.41, 5.74) is 1.40. The van der Waals surface area contributed by atoms with Gasteiger partial charge in [0, 0.05) is 42.9 Å². The first-order chi connectivity index (χ1) is 17.7. The zero-order chi connectivity index (χ0) is 26.8. The molecular formula is C28H37N3O5S. The van der Waals surface area contributed by atoms with Crippen LogP contribution in [0.15, 0.2) is 59.5 Å². The van der Waals surface area contributed by atoms with Crippen LogP contribution in [0.3, 0.4) is 0 Å². The van der Waals surface area contributed by atoms with Crippen molar-refractivity contribution in [3.63, 3.8) is 0 Å². The zero-order valence-electron chi connectivity index (χ0n) is 21.5. The Morgan fingerprint density at radius 2 is 1.62 bits per heavy atom. The maximum atomic E-state index is 12.2. The molecule has 200 valence electrons. The van der Waals surface area contributed by atoms with Crippen LogP contribution in [0.2, 0.25) is 0 Å². The molecule has 1 saturated heterocycles. The number of carbonyl (C=O) groups is 3. The molecule has 1 aliphatic rings. The number of hydrogen-bond donors (Lipinski definition) is 4. The molecule has 1 heterocycles. The van der Waals surface area contributed by atoms with Gasteiger partial charge in [-0.1, -0.05) is 56.3 Å². The quantitative estimate of drug-likeness (QED) is 0.248. The maximum Gasteiger partial charge on any atom is 0.287 e. The van der Waals surface area contributed by atoms with E-state index in [2.05, 4.69) is 51.3 Å². The van der Waals surface area contributed by atoms with E-state index in [1.165, 1.54) is 16.0 Å². The van der Waals surface area contributed by atoms with Crippen LogP contribution in [0.1, 0.15) is 33.1 Å². The topological polar surface area (TPSA) is 119 Å². The third kappa shape index (κ3) is 8.67. The minimum Gasteiger partial charge on any atom is -0.396 e. The SMILES string of the molecule is CC(C)(CO)C(O)C(=O)NCCC(=O)C(=O)NCC1CCN(Sc2ccc(-c3ccccc3)cc2)CC1. The number of aliphatic hydroxyl groups excluding tert-OH is 2. The van der Waals surface area contributed by atoms with Crippen molar-refractivity contribution in [3.8, 4) is 11.1 Å². The number of nitrogens with one attached hydrogen (secondary N) is 2. The summed E-state index contributed by atoms with van der Waals surface area (Å²) in [5.74, 6) is -1.63. The molecule has 3 rings (SSSR count). The first-order valence-corrected chi connectivity index (χ1v) is 13.4. The van der Waals surface area contributed by atoms with Crippen molar-refractivity contribution < 1.29 is 24.6 Å². The number of piperidine rings is 1. The monoisotopic (exact) mass is 527 g/mol.